The van der Waals surface area contributed by atoms with Crippen LogP contribution in [0, 0.1) is 17.6 Å². The van der Waals surface area contributed by atoms with Crippen molar-refractivity contribution in [2.75, 3.05) is 27.7 Å². The smallest absolute Gasteiger partial charge is 0.309 e. The number of imidazole rings is 1. The first-order valence-corrected chi connectivity index (χ1v) is 7.52. The molecule has 0 saturated carbocycles. The molecule has 1 N–H and O–H groups in total. The van der Waals surface area contributed by atoms with Crippen molar-refractivity contribution in [1.82, 2.24) is 14.9 Å². The summed E-state index contributed by atoms with van der Waals surface area (Å²) in [6.07, 6.45) is 0.892. The Morgan fingerprint density at radius 2 is 1.96 bits per heavy atom. The predicted octanol–water partition coefficient (Wildman–Crippen LogP) is 1.83. The molecule has 124 valence electrons. The molecular formula is C16H19F2N3O2. The first kappa shape index (κ1) is 15.9. The highest BCUT2D eigenvalue weighted by atomic mass is 19.1. The molecule has 3 rings (SSSR count). The molecule has 1 aliphatic carbocycles. The van der Waals surface area contributed by atoms with Crippen LogP contribution in [0.2, 0.25) is 0 Å². The minimum Gasteiger partial charge on any atom is -0.469 e. The van der Waals surface area contributed by atoms with Crippen molar-refractivity contribution in [3.8, 4) is 0 Å². The molecule has 1 aromatic heterocycles. The molecule has 23 heavy (non-hydrogen) atoms. The van der Waals surface area contributed by atoms with Crippen molar-refractivity contribution >= 4 is 17.0 Å². The number of aromatic amines is 1. The zero-order chi connectivity index (χ0) is 16.7. The number of carbonyl (C=O) groups excluding carboxylic acids is 1. The van der Waals surface area contributed by atoms with E-state index < -0.39 is 23.5 Å². The van der Waals surface area contributed by atoms with Gasteiger partial charge in [-0.25, -0.2) is 13.8 Å². The molecule has 0 aliphatic heterocycles. The molecule has 1 aliphatic rings. The second kappa shape index (κ2) is 5.88. The maximum atomic E-state index is 14.7. The third-order valence-corrected chi connectivity index (χ3v) is 4.31. The summed E-state index contributed by atoms with van der Waals surface area (Å²) >= 11 is 0. The maximum absolute atomic E-state index is 14.7. The number of aromatic nitrogens is 2. The van der Waals surface area contributed by atoms with Gasteiger partial charge in [-0.3, -0.25) is 4.79 Å². The molecule has 0 spiro atoms. The number of fused-ring (bicyclic) bond motifs is 2. The Bertz CT molecular complexity index is 722. The van der Waals surface area contributed by atoms with Gasteiger partial charge in [0.25, 0.3) is 0 Å². The van der Waals surface area contributed by atoms with E-state index in [1.807, 2.05) is 19.0 Å². The second-order valence-corrected chi connectivity index (χ2v) is 6.17. The van der Waals surface area contributed by atoms with E-state index in [1.54, 1.807) is 0 Å². The Kier molecular flexibility index (Phi) is 4.06. The molecule has 1 heterocycles. The van der Waals surface area contributed by atoms with E-state index in [2.05, 4.69) is 14.7 Å². The van der Waals surface area contributed by atoms with Crippen molar-refractivity contribution in [1.29, 1.82) is 0 Å². The quantitative estimate of drug-likeness (QED) is 0.872. The molecule has 0 bridgehead atoms. The number of H-pyrrole nitrogens is 1. The summed E-state index contributed by atoms with van der Waals surface area (Å²) in [4.78, 5) is 20.7. The lowest BCUT2D eigenvalue weighted by Gasteiger charge is -2.06. The molecule has 5 nitrogen and oxygen atoms in total. The lowest BCUT2D eigenvalue weighted by atomic mass is 10.1. The zero-order valence-corrected chi connectivity index (χ0v) is 13.4. The molecule has 0 radical (unpaired) electrons. The highest BCUT2D eigenvalue weighted by molar-refractivity contribution is 5.81. The molecule has 7 heteroatoms. The van der Waals surface area contributed by atoms with Crippen molar-refractivity contribution in [2.45, 2.75) is 19.3 Å². The van der Waals surface area contributed by atoms with Gasteiger partial charge in [-0.1, -0.05) is 0 Å². The van der Waals surface area contributed by atoms with E-state index in [9.17, 15) is 13.6 Å². The number of halogens is 2. The van der Waals surface area contributed by atoms with Crippen molar-refractivity contribution in [3.05, 3.63) is 28.6 Å². The molecule has 1 unspecified atom stereocenters. The van der Waals surface area contributed by atoms with Crippen LogP contribution in [0.3, 0.4) is 0 Å². The molecule has 2 aromatic rings. The van der Waals surface area contributed by atoms with Crippen LogP contribution in [-0.4, -0.2) is 48.6 Å². The number of benzene rings is 1. The first-order chi connectivity index (χ1) is 10.9. The van der Waals surface area contributed by atoms with E-state index in [0.717, 1.165) is 6.54 Å². The van der Waals surface area contributed by atoms with Gasteiger partial charge in [0.15, 0.2) is 11.6 Å². The van der Waals surface area contributed by atoms with E-state index in [4.69, 9.17) is 0 Å². The first-order valence-electron chi connectivity index (χ1n) is 7.52. The van der Waals surface area contributed by atoms with Crippen molar-refractivity contribution in [2.24, 2.45) is 5.92 Å². The fraction of sp³-hybridized carbons (Fsp3) is 0.500. The summed E-state index contributed by atoms with van der Waals surface area (Å²) < 4.78 is 34.1. The number of esters is 1. The number of carbonyl (C=O) groups is 1. The Labute approximate surface area is 132 Å². The summed E-state index contributed by atoms with van der Waals surface area (Å²) in [7, 11) is 5.12. The molecular weight excluding hydrogens is 304 g/mol. The Balaban J connectivity index is 2.00. The Hall–Kier alpha value is -2.02. The monoisotopic (exact) mass is 323 g/mol. The number of hydrogen-bond donors (Lipinski definition) is 1. The molecule has 0 fully saturated rings. The number of hydrogen-bond acceptors (Lipinski definition) is 4. The van der Waals surface area contributed by atoms with Gasteiger partial charge in [0.1, 0.15) is 16.9 Å². The van der Waals surface area contributed by atoms with Gasteiger partial charge in [0.2, 0.25) is 0 Å². The van der Waals surface area contributed by atoms with Gasteiger partial charge in [0.05, 0.1) is 13.0 Å². The van der Waals surface area contributed by atoms with Gasteiger partial charge in [-0.2, -0.15) is 0 Å². The second-order valence-electron chi connectivity index (χ2n) is 6.17. The van der Waals surface area contributed by atoms with Crippen LogP contribution in [0.1, 0.15) is 17.0 Å². The minimum absolute atomic E-state index is 0.0144. The van der Waals surface area contributed by atoms with Crippen LogP contribution in [0.25, 0.3) is 11.0 Å². The number of methoxy groups -OCH3 is 1. The number of ether oxygens (including phenoxy) is 1. The van der Waals surface area contributed by atoms with Crippen LogP contribution < -0.4 is 0 Å². The summed E-state index contributed by atoms with van der Waals surface area (Å²) in [6, 6.07) is 0. The summed E-state index contributed by atoms with van der Waals surface area (Å²) in [5.41, 5.74) is 0.602. The number of rotatable bonds is 4. The largest absolute Gasteiger partial charge is 0.469 e. The number of nitrogens with one attached hydrogen (secondary N) is 1. The fourth-order valence-electron chi connectivity index (χ4n) is 3.07. The lowest BCUT2D eigenvalue weighted by molar-refractivity contribution is -0.145. The fourth-order valence-corrected chi connectivity index (χ4v) is 3.07. The zero-order valence-electron chi connectivity index (χ0n) is 13.4. The normalized spacial score (nSPS) is 14.7. The van der Waals surface area contributed by atoms with E-state index in [1.165, 1.54) is 7.11 Å². The average molecular weight is 323 g/mol. The third kappa shape index (κ3) is 2.69. The minimum atomic E-state index is -0.532. The third-order valence-electron chi connectivity index (χ3n) is 4.31. The molecule has 1 aromatic carbocycles. The van der Waals surface area contributed by atoms with Gasteiger partial charge in [-0.05, 0) is 38.1 Å². The van der Waals surface area contributed by atoms with Gasteiger partial charge in [-0.15, -0.1) is 0 Å². The number of nitrogens with zero attached hydrogens (tertiary/aromatic N) is 2. The highest BCUT2D eigenvalue weighted by Crippen LogP contribution is 2.36. The molecule has 1 atom stereocenters. The summed E-state index contributed by atoms with van der Waals surface area (Å²) in [5.74, 6) is -1.46. The van der Waals surface area contributed by atoms with Gasteiger partial charge >= 0.3 is 5.97 Å². The van der Waals surface area contributed by atoms with E-state index in [-0.39, 0.29) is 35.0 Å². The predicted molar refractivity (Wildman–Crippen MR) is 81.2 cm³/mol. The van der Waals surface area contributed by atoms with Crippen LogP contribution >= 0.6 is 0 Å². The average Bonchev–Trinajstić information content (AvgIpc) is 3.14. The Morgan fingerprint density at radius 3 is 2.57 bits per heavy atom. The van der Waals surface area contributed by atoms with E-state index in [0.29, 0.717) is 12.2 Å². The lowest BCUT2D eigenvalue weighted by Crippen LogP contribution is -2.16. The summed E-state index contributed by atoms with van der Waals surface area (Å²) in [5, 5.41) is 0. The highest BCUT2D eigenvalue weighted by Gasteiger charge is 2.35. The summed E-state index contributed by atoms with van der Waals surface area (Å²) in [6.45, 7) is 0.729. The molecule has 0 saturated heterocycles. The van der Waals surface area contributed by atoms with E-state index >= 15 is 0 Å². The number of likely N-dealkylation sites (N-methyl/N-ethyl adjacent to an activating group) is 1. The van der Waals surface area contributed by atoms with Crippen molar-refractivity contribution in [3.63, 3.8) is 0 Å². The standard InChI is InChI=1S/C16H19F2N3O2/c1-21(2)5-4-11-19-14-12(17)9-6-8(16(22)23-3)7-10(9)13(18)15(14)20-11/h8H,4-7H2,1-3H3,(H,19,20). The van der Waals surface area contributed by atoms with Crippen LogP contribution in [0.4, 0.5) is 8.78 Å². The van der Waals surface area contributed by atoms with Crippen LogP contribution in [-0.2, 0) is 28.8 Å². The van der Waals surface area contributed by atoms with Gasteiger partial charge < -0.3 is 14.6 Å². The topological polar surface area (TPSA) is 58.2 Å². The molecule has 0 amide bonds. The maximum Gasteiger partial charge on any atom is 0.309 e. The van der Waals surface area contributed by atoms with Gasteiger partial charge in [0, 0.05) is 13.0 Å². The van der Waals surface area contributed by atoms with Crippen LogP contribution in [0.5, 0.6) is 0 Å². The SMILES string of the molecule is COC(=O)C1Cc2c(c(F)c3[nH]c(CCN(C)C)nc3c2F)C1. The van der Waals surface area contributed by atoms with Crippen LogP contribution in [0.15, 0.2) is 0 Å². The van der Waals surface area contributed by atoms with Crippen molar-refractivity contribution < 1.29 is 18.3 Å². The Morgan fingerprint density at radius 1 is 1.30 bits per heavy atom.